The highest BCUT2D eigenvalue weighted by Crippen LogP contribution is 2.41. The van der Waals surface area contributed by atoms with Gasteiger partial charge in [0.05, 0.1) is 0 Å². The molecule has 2 heteroatoms. The van der Waals surface area contributed by atoms with E-state index < -0.39 is 0 Å². The quantitative estimate of drug-likeness (QED) is 0.536. The average molecular weight is 376 g/mol. The second kappa shape index (κ2) is 10.2. The molecule has 1 aromatic heterocycles. The topological polar surface area (TPSA) is 30.0 Å². The van der Waals surface area contributed by atoms with Crippen molar-refractivity contribution in [2.75, 3.05) is 0 Å². The van der Waals surface area contributed by atoms with Crippen LogP contribution in [0.3, 0.4) is 0 Å². The Kier molecular flexibility index (Phi) is 7.36. The zero-order valence-corrected chi connectivity index (χ0v) is 17.2. The molecule has 0 spiro atoms. The van der Waals surface area contributed by atoms with Crippen molar-refractivity contribution < 1.29 is 6.22 Å². The summed E-state index contributed by atoms with van der Waals surface area (Å²) in [5, 5.41) is 0. The maximum atomic E-state index is 11.3. The van der Waals surface area contributed by atoms with Crippen molar-refractivity contribution in [3.8, 4) is 0 Å². The summed E-state index contributed by atoms with van der Waals surface area (Å²) in [5.41, 5.74) is 6.18. The van der Waals surface area contributed by atoms with Gasteiger partial charge in [-0.05, 0) is 61.3 Å². The molecule has 148 valence electrons. The van der Waals surface area contributed by atoms with Crippen LogP contribution in [0.5, 0.6) is 0 Å². The predicted octanol–water partition coefficient (Wildman–Crippen LogP) is 6.74. The largest absolute Gasteiger partial charge is 0.295 e. The SMILES string of the molecule is CCCCC(=O)C1=CC=CC1.Cc1nc(Cc2ccccc2)ccc1C1CC1.[HH]. The Labute approximate surface area is 170 Å². The average Bonchev–Trinajstić information content (AvgIpc) is 3.39. The van der Waals surface area contributed by atoms with E-state index in [9.17, 15) is 4.79 Å². The fourth-order valence-corrected chi connectivity index (χ4v) is 3.51. The summed E-state index contributed by atoms with van der Waals surface area (Å²) in [5.74, 6) is 1.13. The number of benzene rings is 1. The molecule has 28 heavy (non-hydrogen) atoms. The van der Waals surface area contributed by atoms with Gasteiger partial charge in [-0.1, -0.05) is 68.0 Å². The number of ketones is 1. The number of nitrogens with zero attached hydrogens (tertiary/aromatic N) is 1. The molecular weight excluding hydrogens is 342 g/mol. The summed E-state index contributed by atoms with van der Waals surface area (Å²) in [6.07, 6.45) is 13.2. The van der Waals surface area contributed by atoms with Gasteiger partial charge in [0.15, 0.2) is 5.78 Å². The lowest BCUT2D eigenvalue weighted by Gasteiger charge is -2.06. The molecule has 0 atom stereocenters. The van der Waals surface area contributed by atoms with E-state index in [1.54, 1.807) is 0 Å². The molecule has 0 aliphatic heterocycles. The minimum atomic E-state index is 0. The Hall–Kier alpha value is -2.48. The summed E-state index contributed by atoms with van der Waals surface area (Å²) >= 11 is 0. The minimum absolute atomic E-state index is 0. The van der Waals surface area contributed by atoms with E-state index in [2.05, 4.69) is 56.3 Å². The second-order valence-corrected chi connectivity index (χ2v) is 7.76. The van der Waals surface area contributed by atoms with Gasteiger partial charge in [-0.2, -0.15) is 0 Å². The third-order valence-electron chi connectivity index (χ3n) is 5.32. The molecule has 2 nitrogen and oxygen atoms in total. The molecule has 2 aliphatic carbocycles. The van der Waals surface area contributed by atoms with Crippen LogP contribution in [0.1, 0.15) is 75.3 Å². The zero-order chi connectivity index (χ0) is 19.8. The monoisotopic (exact) mass is 375 g/mol. The number of aromatic nitrogens is 1. The summed E-state index contributed by atoms with van der Waals surface area (Å²) in [6, 6.07) is 15.0. The second-order valence-electron chi connectivity index (χ2n) is 7.76. The Morgan fingerprint density at radius 2 is 1.93 bits per heavy atom. The third kappa shape index (κ3) is 6.02. The van der Waals surface area contributed by atoms with E-state index in [1.165, 1.54) is 35.4 Å². The molecule has 0 N–H and O–H groups in total. The Balaban J connectivity index is 0.000000219. The van der Waals surface area contributed by atoms with Crippen LogP contribution in [0.4, 0.5) is 0 Å². The molecule has 2 aromatic rings. The Morgan fingerprint density at radius 1 is 1.14 bits per heavy atom. The lowest BCUT2D eigenvalue weighted by molar-refractivity contribution is -0.115. The van der Waals surface area contributed by atoms with Gasteiger partial charge in [-0.25, -0.2) is 0 Å². The summed E-state index contributed by atoms with van der Waals surface area (Å²) in [4.78, 5) is 16.0. The van der Waals surface area contributed by atoms with Gasteiger partial charge in [0, 0.05) is 25.7 Å². The number of Topliss-reactive ketones (excluding diaryl/α,β-unsaturated/α-hetero) is 1. The first-order valence-electron chi connectivity index (χ1n) is 10.6. The predicted molar refractivity (Wildman–Crippen MR) is 119 cm³/mol. The van der Waals surface area contributed by atoms with Crippen molar-refractivity contribution >= 4 is 5.78 Å². The molecule has 1 fully saturated rings. The van der Waals surface area contributed by atoms with Crippen molar-refractivity contribution in [1.82, 2.24) is 4.98 Å². The van der Waals surface area contributed by atoms with Gasteiger partial charge in [0.1, 0.15) is 0 Å². The number of unbranched alkanes of at least 4 members (excludes halogenated alkanes) is 1. The lowest BCUT2D eigenvalue weighted by Crippen LogP contribution is -1.99. The van der Waals surface area contributed by atoms with Crippen LogP contribution in [-0.4, -0.2) is 10.8 Å². The van der Waals surface area contributed by atoms with Crippen molar-refractivity contribution in [3.05, 3.63) is 88.8 Å². The normalized spacial score (nSPS) is 15.0. The molecule has 1 saturated carbocycles. The first-order chi connectivity index (χ1) is 13.7. The zero-order valence-electron chi connectivity index (χ0n) is 17.2. The fraction of sp³-hybridized carbons (Fsp3) is 0.385. The maximum Gasteiger partial charge on any atom is 0.159 e. The van der Waals surface area contributed by atoms with Gasteiger partial charge in [0.2, 0.25) is 0 Å². The molecule has 0 unspecified atom stereocenters. The van der Waals surface area contributed by atoms with Crippen molar-refractivity contribution in [3.63, 3.8) is 0 Å². The number of rotatable bonds is 7. The maximum absolute atomic E-state index is 11.3. The molecule has 0 bridgehead atoms. The lowest BCUT2D eigenvalue weighted by atomic mass is 10.1. The Morgan fingerprint density at radius 3 is 2.54 bits per heavy atom. The van der Waals surface area contributed by atoms with Crippen LogP contribution < -0.4 is 0 Å². The van der Waals surface area contributed by atoms with Gasteiger partial charge in [0.25, 0.3) is 0 Å². The van der Waals surface area contributed by atoms with Crippen LogP contribution in [0.25, 0.3) is 0 Å². The number of carbonyl (C=O) groups is 1. The number of hydrogen-bond acceptors (Lipinski definition) is 2. The standard InChI is InChI=1S/C16H17N.C10H14O.H2/c1-12-16(14-7-8-14)10-9-15(17-12)11-13-5-3-2-4-6-13;1-2-3-8-10(11)9-6-4-5-7-9;/h2-6,9-10,14H,7-8,11H2,1H3;4-6H,2-3,7-8H2,1H3;1H. The number of pyridine rings is 1. The highest BCUT2D eigenvalue weighted by molar-refractivity contribution is 5.96. The third-order valence-corrected chi connectivity index (χ3v) is 5.32. The van der Waals surface area contributed by atoms with Gasteiger partial charge < -0.3 is 0 Å². The molecule has 0 amide bonds. The van der Waals surface area contributed by atoms with E-state index in [0.29, 0.717) is 5.78 Å². The van der Waals surface area contributed by atoms with E-state index in [4.69, 9.17) is 4.98 Å². The van der Waals surface area contributed by atoms with Crippen LogP contribution >= 0.6 is 0 Å². The molecule has 1 aromatic carbocycles. The Bertz CT molecular complexity index is 850. The van der Waals surface area contributed by atoms with E-state index >= 15 is 0 Å². The number of carbonyl (C=O) groups excluding carboxylic acids is 1. The van der Waals surface area contributed by atoms with Crippen LogP contribution in [-0.2, 0) is 11.2 Å². The molecule has 2 aliphatic rings. The fourth-order valence-electron chi connectivity index (χ4n) is 3.51. The van der Waals surface area contributed by atoms with Crippen LogP contribution in [0, 0.1) is 6.92 Å². The van der Waals surface area contributed by atoms with E-state index in [-0.39, 0.29) is 1.43 Å². The summed E-state index contributed by atoms with van der Waals surface area (Å²) < 4.78 is 0. The van der Waals surface area contributed by atoms with Crippen molar-refractivity contribution in [2.45, 2.75) is 64.7 Å². The van der Waals surface area contributed by atoms with Gasteiger partial charge in [-0.15, -0.1) is 0 Å². The van der Waals surface area contributed by atoms with E-state index in [1.807, 2.05) is 18.2 Å². The highest BCUT2D eigenvalue weighted by Gasteiger charge is 2.25. The van der Waals surface area contributed by atoms with Crippen LogP contribution in [0.2, 0.25) is 0 Å². The van der Waals surface area contributed by atoms with Gasteiger partial charge in [-0.3, -0.25) is 9.78 Å². The first-order valence-corrected chi connectivity index (χ1v) is 10.6. The number of aryl methyl sites for hydroxylation is 1. The highest BCUT2D eigenvalue weighted by atomic mass is 16.1. The number of hydrogen-bond donors (Lipinski definition) is 0. The van der Waals surface area contributed by atoms with Crippen molar-refractivity contribution in [1.29, 1.82) is 0 Å². The molecule has 0 radical (unpaired) electrons. The molecule has 1 heterocycles. The first kappa shape index (κ1) is 20.3. The van der Waals surface area contributed by atoms with Crippen LogP contribution in [0.15, 0.2) is 66.3 Å². The summed E-state index contributed by atoms with van der Waals surface area (Å²) in [7, 11) is 0. The number of allylic oxidation sites excluding steroid dienone is 4. The van der Waals surface area contributed by atoms with Crippen molar-refractivity contribution in [2.24, 2.45) is 0 Å². The molecular formula is C26H33NO. The minimum Gasteiger partial charge on any atom is -0.295 e. The van der Waals surface area contributed by atoms with E-state index in [0.717, 1.165) is 43.6 Å². The van der Waals surface area contributed by atoms with Gasteiger partial charge >= 0.3 is 0 Å². The molecule has 4 rings (SSSR count). The smallest absolute Gasteiger partial charge is 0.159 e. The summed E-state index contributed by atoms with van der Waals surface area (Å²) in [6.45, 7) is 4.25. The molecule has 0 saturated heterocycles.